The Bertz CT molecular complexity index is 347. The summed E-state index contributed by atoms with van der Waals surface area (Å²) in [7, 11) is -1.06. The third-order valence-electron chi connectivity index (χ3n) is 2.83. The molecule has 0 aliphatic carbocycles. The molecule has 1 amide bonds. The molecule has 3 nitrogen and oxygen atoms in total. The van der Waals surface area contributed by atoms with Crippen LogP contribution in [0.25, 0.3) is 0 Å². The quantitative estimate of drug-likeness (QED) is 0.686. The highest BCUT2D eigenvalue weighted by molar-refractivity contribution is 7.17. The van der Waals surface area contributed by atoms with Crippen molar-refractivity contribution in [1.29, 1.82) is 0 Å². The maximum Gasteiger partial charge on any atom is 0.248 e. The minimum absolute atomic E-state index is 0.285. The summed E-state index contributed by atoms with van der Waals surface area (Å²) in [6.45, 7) is 0.967. The van der Waals surface area contributed by atoms with E-state index < -0.39 is 8.31 Å². The highest BCUT2D eigenvalue weighted by atomic mass is 29.2. The van der Waals surface area contributed by atoms with Crippen molar-refractivity contribution >= 4 is 28.7 Å². The predicted octanol–water partition coefficient (Wildman–Crippen LogP) is -0.780. The molecule has 1 saturated heterocycles. The Morgan fingerprint density at radius 3 is 2.67 bits per heavy atom. The van der Waals surface area contributed by atoms with Gasteiger partial charge in [-0.25, -0.2) is 0 Å². The highest BCUT2D eigenvalue weighted by Gasteiger charge is 2.18. The monoisotopic (exact) mass is 237 g/mol. The Labute approximate surface area is 93.0 Å². The smallest absolute Gasteiger partial charge is 0.248 e. The van der Waals surface area contributed by atoms with Gasteiger partial charge < -0.3 is 10.2 Å². The van der Waals surface area contributed by atoms with Gasteiger partial charge in [-0.2, -0.15) is 0 Å². The number of amides is 1. The van der Waals surface area contributed by atoms with Gasteiger partial charge >= 0.3 is 0 Å². The molecule has 1 fully saturated rings. The number of carbonyl (C=O) groups is 1. The van der Waals surface area contributed by atoms with Gasteiger partial charge in [-0.15, -0.1) is 0 Å². The summed E-state index contributed by atoms with van der Waals surface area (Å²) in [5.41, 5.74) is 5.80. The summed E-state index contributed by atoms with van der Waals surface area (Å²) in [5, 5.41) is 1.44. The van der Waals surface area contributed by atoms with Gasteiger partial charge in [0.15, 0.2) is 9.28 Å². The Hall–Kier alpha value is -0.916. The summed E-state index contributed by atoms with van der Waals surface area (Å²) in [6, 6.07) is 9.18. The van der Waals surface area contributed by atoms with Crippen LogP contribution < -0.4 is 10.9 Å². The van der Waals surface area contributed by atoms with Crippen molar-refractivity contribution in [3.05, 3.63) is 29.8 Å². The number of rotatable bonds is 2. The first-order valence-corrected chi connectivity index (χ1v) is 10.5. The molecule has 0 saturated carbocycles. The van der Waals surface area contributed by atoms with Crippen molar-refractivity contribution in [1.82, 2.24) is 0 Å². The standard InChI is InChI=1S/C10H15NO2Si2/c11-10(12)8-2-4-9(5-3-8)15-7-1-6-13-14-15/h2-5,15H,1,6-7,14H2,(H2,11,12). The van der Waals surface area contributed by atoms with Gasteiger partial charge in [-0.1, -0.05) is 23.4 Å². The number of carbonyl (C=O) groups excluding carboxylic acids is 1. The van der Waals surface area contributed by atoms with Crippen LogP contribution in [-0.2, 0) is 4.43 Å². The third-order valence-corrected chi connectivity index (χ3v) is 10.7. The summed E-state index contributed by atoms with van der Waals surface area (Å²) < 4.78 is 5.62. The zero-order valence-corrected chi connectivity index (χ0v) is 11.2. The van der Waals surface area contributed by atoms with Crippen LogP contribution in [-0.4, -0.2) is 30.1 Å². The van der Waals surface area contributed by atoms with Gasteiger partial charge in [-0.3, -0.25) is 4.79 Å². The molecular formula is C10H15NO2Si2. The third kappa shape index (κ3) is 2.55. The molecule has 2 N–H and O–H groups in total. The lowest BCUT2D eigenvalue weighted by Crippen LogP contribution is -2.41. The zero-order chi connectivity index (χ0) is 10.7. The number of nitrogens with two attached hydrogens (primary N) is 1. The van der Waals surface area contributed by atoms with Crippen molar-refractivity contribution < 1.29 is 9.22 Å². The number of benzene rings is 1. The average Bonchev–Trinajstić information content (AvgIpc) is 2.30. The molecular weight excluding hydrogens is 222 g/mol. The van der Waals surface area contributed by atoms with E-state index in [1.54, 1.807) is 0 Å². The maximum atomic E-state index is 10.9. The molecule has 80 valence electrons. The predicted molar refractivity (Wildman–Crippen MR) is 65.7 cm³/mol. The lowest BCUT2D eigenvalue weighted by atomic mass is 10.2. The molecule has 0 spiro atoms. The van der Waals surface area contributed by atoms with Crippen LogP contribution >= 0.6 is 0 Å². The SMILES string of the molecule is NC(=O)c1ccc([SiH]2CCCO[SiH2]2)cc1. The van der Waals surface area contributed by atoms with Crippen molar-refractivity contribution in [2.45, 2.75) is 12.5 Å². The first-order chi connectivity index (χ1) is 7.27. The van der Waals surface area contributed by atoms with Crippen LogP contribution in [0, 0.1) is 0 Å². The molecule has 5 heteroatoms. The normalized spacial score (nSPS) is 22.8. The number of hydrogen-bond acceptors (Lipinski definition) is 2. The van der Waals surface area contributed by atoms with Crippen molar-refractivity contribution in [2.75, 3.05) is 6.61 Å². The van der Waals surface area contributed by atoms with E-state index in [1.807, 2.05) is 12.1 Å². The molecule has 1 aliphatic heterocycles. The van der Waals surface area contributed by atoms with Crippen LogP contribution in [0.3, 0.4) is 0 Å². The Morgan fingerprint density at radius 1 is 1.40 bits per heavy atom. The van der Waals surface area contributed by atoms with Gasteiger partial charge in [0.05, 0.1) is 8.31 Å². The first kappa shape index (κ1) is 10.6. The number of primary amides is 1. The molecule has 15 heavy (non-hydrogen) atoms. The lowest BCUT2D eigenvalue weighted by molar-refractivity contribution is 0.100. The van der Waals surface area contributed by atoms with E-state index in [4.69, 9.17) is 10.2 Å². The number of hydrogen-bond donors (Lipinski definition) is 1. The Morgan fingerprint density at radius 2 is 2.13 bits per heavy atom. The van der Waals surface area contributed by atoms with Gasteiger partial charge in [0.1, 0.15) is 0 Å². The summed E-state index contributed by atoms with van der Waals surface area (Å²) >= 11 is 0. The molecule has 1 aromatic rings. The average molecular weight is 237 g/mol. The molecule has 0 radical (unpaired) electrons. The Kier molecular flexibility index (Phi) is 3.35. The summed E-state index contributed by atoms with van der Waals surface area (Å²) in [5.74, 6) is -0.347. The highest BCUT2D eigenvalue weighted by Crippen LogP contribution is 2.06. The van der Waals surface area contributed by atoms with Crippen LogP contribution in [0.4, 0.5) is 0 Å². The minimum Gasteiger partial charge on any atom is -0.427 e. The van der Waals surface area contributed by atoms with E-state index in [9.17, 15) is 4.79 Å². The van der Waals surface area contributed by atoms with Crippen molar-refractivity contribution in [2.24, 2.45) is 5.73 Å². The fourth-order valence-corrected chi connectivity index (χ4v) is 8.78. The van der Waals surface area contributed by atoms with Gasteiger partial charge in [0.25, 0.3) is 0 Å². The van der Waals surface area contributed by atoms with Gasteiger partial charge in [0.2, 0.25) is 5.91 Å². The maximum absolute atomic E-state index is 10.9. The molecule has 1 atom stereocenters. The van der Waals surface area contributed by atoms with E-state index in [0.29, 0.717) is 5.56 Å². The zero-order valence-electron chi connectivity index (χ0n) is 8.61. The van der Waals surface area contributed by atoms with Crippen LogP contribution in [0.5, 0.6) is 0 Å². The van der Waals surface area contributed by atoms with E-state index in [1.165, 1.54) is 17.7 Å². The molecule has 1 heterocycles. The molecule has 2 rings (SSSR count). The van der Waals surface area contributed by atoms with Gasteiger partial charge in [0, 0.05) is 12.2 Å². The van der Waals surface area contributed by atoms with E-state index in [-0.39, 0.29) is 15.2 Å². The first-order valence-electron chi connectivity index (χ1n) is 5.25. The Balaban J connectivity index is 2.11. The summed E-state index contributed by atoms with van der Waals surface area (Å²) in [6.07, 6.45) is 1.21. The molecule has 1 aromatic carbocycles. The second-order valence-corrected chi connectivity index (χ2v) is 11.2. The largest absolute Gasteiger partial charge is 0.427 e. The minimum atomic E-state index is -0.772. The van der Waals surface area contributed by atoms with Crippen LogP contribution in [0.2, 0.25) is 6.04 Å². The second-order valence-electron chi connectivity index (χ2n) is 3.90. The van der Waals surface area contributed by atoms with E-state index in [0.717, 1.165) is 6.61 Å². The molecule has 1 unspecified atom stereocenters. The van der Waals surface area contributed by atoms with E-state index >= 15 is 0 Å². The molecule has 0 aromatic heterocycles. The molecule has 0 bridgehead atoms. The van der Waals surface area contributed by atoms with Crippen LogP contribution in [0.15, 0.2) is 24.3 Å². The van der Waals surface area contributed by atoms with E-state index in [2.05, 4.69) is 12.1 Å². The van der Waals surface area contributed by atoms with Crippen molar-refractivity contribution in [3.63, 3.8) is 0 Å². The van der Waals surface area contributed by atoms with Crippen molar-refractivity contribution in [3.8, 4) is 0 Å². The molecule has 1 aliphatic rings. The fourth-order valence-electron chi connectivity index (χ4n) is 1.92. The van der Waals surface area contributed by atoms with Crippen LogP contribution in [0.1, 0.15) is 16.8 Å². The fraction of sp³-hybridized carbons (Fsp3) is 0.300. The topological polar surface area (TPSA) is 52.3 Å². The second kappa shape index (κ2) is 4.74. The lowest BCUT2D eigenvalue weighted by Gasteiger charge is -2.20. The van der Waals surface area contributed by atoms with Gasteiger partial charge in [-0.05, 0) is 18.6 Å². The summed E-state index contributed by atoms with van der Waals surface area (Å²) in [4.78, 5) is 10.9.